The Labute approximate surface area is 155 Å². The van der Waals surface area contributed by atoms with E-state index in [1.807, 2.05) is 6.92 Å². The first kappa shape index (κ1) is 20.4. The number of phenolic OH excluding ortho intramolecular Hbond substituents is 1. The van der Waals surface area contributed by atoms with E-state index in [-0.39, 0.29) is 18.8 Å². The van der Waals surface area contributed by atoms with Crippen LogP contribution in [0, 0.1) is 0 Å². The van der Waals surface area contributed by atoms with Gasteiger partial charge in [0, 0.05) is 18.7 Å². The molecular weight excluding hydrogens is 359 g/mol. The van der Waals surface area contributed by atoms with Gasteiger partial charge in [0.15, 0.2) is 5.96 Å². The fraction of sp³-hybridized carbons (Fsp3) is 0.316. The number of aliphatic imine (C=N–C) groups is 1. The normalized spacial score (nSPS) is 12.0. The van der Waals surface area contributed by atoms with E-state index in [1.165, 1.54) is 19.2 Å². The molecule has 2 rings (SSSR count). The highest BCUT2D eigenvalue weighted by molar-refractivity contribution is 5.79. The number of halogens is 3. The molecule has 0 radical (unpaired) electrons. The number of alkyl halides is 3. The van der Waals surface area contributed by atoms with Crippen LogP contribution in [0.25, 0.3) is 0 Å². The molecule has 0 amide bonds. The molecule has 0 bridgehead atoms. The Kier molecular flexibility index (Phi) is 6.92. The van der Waals surface area contributed by atoms with Gasteiger partial charge in [0.25, 0.3) is 0 Å². The second-order valence-corrected chi connectivity index (χ2v) is 5.74. The number of hydrogen-bond donors (Lipinski definition) is 3. The van der Waals surface area contributed by atoms with Crippen molar-refractivity contribution < 1.29 is 23.0 Å². The first-order valence-corrected chi connectivity index (χ1v) is 8.37. The molecule has 5 nitrogen and oxygen atoms in total. The highest BCUT2D eigenvalue weighted by Crippen LogP contribution is 2.29. The molecule has 0 aliphatic rings. The standard InChI is InChI=1S/C19H22F3N3O2/c1-3-23-18(25-12-14-10-16(27-2)7-8-17(14)26)24-11-13-5-4-6-15(9-13)19(20,21)22/h4-10,26H,3,11-12H2,1-2H3,(H2,23,24,25). The number of aromatic hydroxyl groups is 1. The van der Waals surface area contributed by atoms with E-state index in [2.05, 4.69) is 15.6 Å². The summed E-state index contributed by atoms with van der Waals surface area (Å²) in [5.41, 5.74) is 0.361. The molecule has 0 saturated carbocycles. The van der Waals surface area contributed by atoms with Gasteiger partial charge < -0.3 is 20.5 Å². The Morgan fingerprint density at radius 1 is 1.15 bits per heavy atom. The van der Waals surface area contributed by atoms with E-state index in [1.54, 1.807) is 18.2 Å². The van der Waals surface area contributed by atoms with E-state index in [0.29, 0.717) is 29.4 Å². The number of phenols is 1. The average molecular weight is 381 g/mol. The lowest BCUT2D eigenvalue weighted by Gasteiger charge is -2.13. The molecule has 0 fully saturated rings. The largest absolute Gasteiger partial charge is 0.508 e. The molecule has 0 aliphatic carbocycles. The van der Waals surface area contributed by atoms with Crippen molar-refractivity contribution in [3.63, 3.8) is 0 Å². The van der Waals surface area contributed by atoms with Crippen molar-refractivity contribution in [3.05, 3.63) is 59.2 Å². The second kappa shape index (κ2) is 9.16. The Morgan fingerprint density at radius 3 is 2.59 bits per heavy atom. The Hall–Kier alpha value is -2.90. The smallest absolute Gasteiger partial charge is 0.416 e. The SMILES string of the molecule is CCNC(=NCc1cccc(C(F)(F)F)c1)NCc1cc(OC)ccc1O. The molecule has 0 heterocycles. The third kappa shape index (κ3) is 6.09. The van der Waals surface area contributed by atoms with Crippen molar-refractivity contribution >= 4 is 5.96 Å². The van der Waals surface area contributed by atoms with E-state index in [9.17, 15) is 18.3 Å². The van der Waals surface area contributed by atoms with Gasteiger partial charge in [0.2, 0.25) is 0 Å². The first-order chi connectivity index (χ1) is 12.8. The Morgan fingerprint density at radius 2 is 1.93 bits per heavy atom. The maximum atomic E-state index is 12.8. The molecule has 146 valence electrons. The van der Waals surface area contributed by atoms with Crippen LogP contribution in [0.3, 0.4) is 0 Å². The summed E-state index contributed by atoms with van der Waals surface area (Å²) < 4.78 is 43.5. The summed E-state index contributed by atoms with van der Waals surface area (Å²) in [4.78, 5) is 4.31. The van der Waals surface area contributed by atoms with Crippen molar-refractivity contribution in [3.8, 4) is 11.5 Å². The zero-order chi connectivity index (χ0) is 19.9. The van der Waals surface area contributed by atoms with Gasteiger partial charge in [-0.25, -0.2) is 4.99 Å². The van der Waals surface area contributed by atoms with Gasteiger partial charge in [-0.2, -0.15) is 13.2 Å². The Balaban J connectivity index is 2.09. The predicted molar refractivity (Wildman–Crippen MR) is 97.8 cm³/mol. The molecule has 0 saturated heterocycles. The lowest BCUT2D eigenvalue weighted by Crippen LogP contribution is -2.36. The van der Waals surface area contributed by atoms with Crippen LogP contribution in [-0.4, -0.2) is 24.7 Å². The van der Waals surface area contributed by atoms with Crippen LogP contribution in [-0.2, 0) is 19.3 Å². The highest BCUT2D eigenvalue weighted by Gasteiger charge is 2.30. The van der Waals surface area contributed by atoms with Gasteiger partial charge in [0.05, 0.1) is 19.2 Å². The molecule has 8 heteroatoms. The van der Waals surface area contributed by atoms with Crippen molar-refractivity contribution in [1.82, 2.24) is 10.6 Å². The molecule has 2 aromatic rings. The topological polar surface area (TPSA) is 65.9 Å². The minimum Gasteiger partial charge on any atom is -0.508 e. The van der Waals surface area contributed by atoms with Crippen LogP contribution in [0.15, 0.2) is 47.5 Å². The van der Waals surface area contributed by atoms with E-state index < -0.39 is 11.7 Å². The van der Waals surface area contributed by atoms with Gasteiger partial charge in [-0.1, -0.05) is 12.1 Å². The summed E-state index contributed by atoms with van der Waals surface area (Å²) in [6.45, 7) is 2.82. The number of guanidine groups is 1. The van der Waals surface area contributed by atoms with Crippen LogP contribution >= 0.6 is 0 Å². The highest BCUT2D eigenvalue weighted by atomic mass is 19.4. The number of nitrogens with zero attached hydrogens (tertiary/aromatic N) is 1. The zero-order valence-corrected chi connectivity index (χ0v) is 15.1. The monoisotopic (exact) mass is 381 g/mol. The maximum absolute atomic E-state index is 12.8. The molecule has 27 heavy (non-hydrogen) atoms. The number of ether oxygens (including phenoxy) is 1. The third-order valence-corrected chi connectivity index (χ3v) is 3.75. The predicted octanol–water partition coefficient (Wildman–Crippen LogP) is 3.67. The van der Waals surface area contributed by atoms with Crippen LogP contribution in [0.5, 0.6) is 11.5 Å². The lowest BCUT2D eigenvalue weighted by atomic mass is 10.1. The maximum Gasteiger partial charge on any atom is 0.416 e. The van der Waals surface area contributed by atoms with Gasteiger partial charge in [-0.3, -0.25) is 0 Å². The summed E-state index contributed by atoms with van der Waals surface area (Å²) in [6, 6.07) is 9.94. The Bertz CT molecular complexity index is 792. The van der Waals surface area contributed by atoms with E-state index >= 15 is 0 Å². The van der Waals surface area contributed by atoms with Crippen LogP contribution < -0.4 is 15.4 Å². The molecule has 0 aliphatic heterocycles. The summed E-state index contributed by atoms with van der Waals surface area (Å²) in [7, 11) is 1.53. The van der Waals surface area contributed by atoms with Gasteiger partial charge in [-0.15, -0.1) is 0 Å². The minimum absolute atomic E-state index is 0.0867. The summed E-state index contributed by atoms with van der Waals surface area (Å²) in [5.74, 6) is 1.14. The molecule has 3 N–H and O–H groups in total. The van der Waals surface area contributed by atoms with Crippen molar-refractivity contribution in [1.29, 1.82) is 0 Å². The minimum atomic E-state index is -4.38. The molecule has 0 unspecified atom stereocenters. The summed E-state index contributed by atoms with van der Waals surface area (Å²) >= 11 is 0. The fourth-order valence-electron chi connectivity index (χ4n) is 2.37. The van der Waals surface area contributed by atoms with Crippen molar-refractivity contribution in [2.24, 2.45) is 4.99 Å². The number of rotatable bonds is 6. The lowest BCUT2D eigenvalue weighted by molar-refractivity contribution is -0.137. The summed E-state index contributed by atoms with van der Waals surface area (Å²) in [6.07, 6.45) is -4.38. The molecule has 2 aromatic carbocycles. The van der Waals surface area contributed by atoms with Crippen LogP contribution in [0.1, 0.15) is 23.6 Å². The van der Waals surface area contributed by atoms with Crippen molar-refractivity contribution in [2.45, 2.75) is 26.2 Å². The third-order valence-electron chi connectivity index (χ3n) is 3.75. The molecular formula is C19H22F3N3O2. The average Bonchev–Trinajstić information content (AvgIpc) is 2.64. The molecule has 0 atom stereocenters. The number of hydrogen-bond acceptors (Lipinski definition) is 3. The van der Waals surface area contributed by atoms with Crippen LogP contribution in [0.2, 0.25) is 0 Å². The van der Waals surface area contributed by atoms with Gasteiger partial charge in [0.1, 0.15) is 11.5 Å². The molecule has 0 spiro atoms. The quantitative estimate of drug-likeness (QED) is 0.528. The first-order valence-electron chi connectivity index (χ1n) is 8.37. The fourth-order valence-corrected chi connectivity index (χ4v) is 2.37. The van der Waals surface area contributed by atoms with Gasteiger partial charge in [-0.05, 0) is 42.8 Å². The van der Waals surface area contributed by atoms with Crippen LogP contribution in [0.4, 0.5) is 13.2 Å². The number of benzene rings is 2. The van der Waals surface area contributed by atoms with Gasteiger partial charge >= 0.3 is 6.18 Å². The summed E-state index contributed by atoms with van der Waals surface area (Å²) in [5, 5.41) is 16.0. The van der Waals surface area contributed by atoms with E-state index in [4.69, 9.17) is 4.74 Å². The second-order valence-electron chi connectivity index (χ2n) is 5.74. The molecule has 0 aromatic heterocycles. The van der Waals surface area contributed by atoms with Crippen molar-refractivity contribution in [2.75, 3.05) is 13.7 Å². The van der Waals surface area contributed by atoms with E-state index in [0.717, 1.165) is 12.1 Å². The number of nitrogens with one attached hydrogen (secondary N) is 2. The zero-order valence-electron chi connectivity index (χ0n) is 15.1. The number of methoxy groups -OCH3 is 1.